The molecule has 2 N–H and O–H groups in total. The van der Waals surface area contributed by atoms with Gasteiger partial charge in [-0.1, -0.05) is 6.08 Å². The SMILES string of the molecule is C=CCOC(CC(=O)O)C(C)O. The van der Waals surface area contributed by atoms with Gasteiger partial charge in [-0.15, -0.1) is 6.58 Å². The molecule has 0 bridgehead atoms. The Morgan fingerprint density at radius 1 is 1.75 bits per heavy atom. The van der Waals surface area contributed by atoms with Crippen molar-refractivity contribution in [2.75, 3.05) is 6.61 Å². The smallest absolute Gasteiger partial charge is 0.306 e. The minimum Gasteiger partial charge on any atom is -0.481 e. The van der Waals surface area contributed by atoms with Gasteiger partial charge in [0.25, 0.3) is 0 Å². The van der Waals surface area contributed by atoms with Crippen LogP contribution >= 0.6 is 0 Å². The van der Waals surface area contributed by atoms with Crippen LogP contribution in [-0.2, 0) is 9.53 Å². The lowest BCUT2D eigenvalue weighted by Crippen LogP contribution is -2.29. The Hall–Kier alpha value is -0.870. The van der Waals surface area contributed by atoms with Crippen LogP contribution in [0.15, 0.2) is 12.7 Å². The fraction of sp³-hybridized carbons (Fsp3) is 0.625. The molecule has 0 spiro atoms. The first kappa shape index (κ1) is 11.1. The lowest BCUT2D eigenvalue weighted by molar-refractivity contribution is -0.142. The van der Waals surface area contributed by atoms with Gasteiger partial charge in [-0.25, -0.2) is 0 Å². The second-order valence-corrected chi connectivity index (χ2v) is 2.50. The van der Waals surface area contributed by atoms with Gasteiger partial charge in [-0.2, -0.15) is 0 Å². The van der Waals surface area contributed by atoms with Crippen LogP contribution in [0, 0.1) is 0 Å². The maximum atomic E-state index is 10.3. The summed E-state index contributed by atoms with van der Waals surface area (Å²) in [6.07, 6.45) is -0.107. The van der Waals surface area contributed by atoms with Crippen LogP contribution in [-0.4, -0.2) is 35.0 Å². The first-order chi connectivity index (χ1) is 5.57. The standard InChI is InChI=1S/C8H14O4/c1-3-4-12-7(6(2)9)5-8(10)11/h3,6-7,9H,1,4-5H2,2H3,(H,10,11). The third-order valence-corrected chi connectivity index (χ3v) is 1.34. The number of hydrogen-bond donors (Lipinski definition) is 2. The van der Waals surface area contributed by atoms with Crippen LogP contribution in [0.5, 0.6) is 0 Å². The quantitative estimate of drug-likeness (QED) is 0.572. The number of ether oxygens (including phenoxy) is 1. The molecule has 0 saturated carbocycles. The minimum atomic E-state index is -0.982. The summed E-state index contributed by atoms with van der Waals surface area (Å²) in [7, 11) is 0. The molecule has 0 aliphatic carbocycles. The van der Waals surface area contributed by atoms with Gasteiger partial charge in [0.1, 0.15) is 0 Å². The fourth-order valence-electron chi connectivity index (χ4n) is 0.732. The number of carbonyl (C=O) groups is 1. The van der Waals surface area contributed by atoms with Crippen LogP contribution in [0.4, 0.5) is 0 Å². The van der Waals surface area contributed by atoms with Crippen molar-refractivity contribution in [2.24, 2.45) is 0 Å². The van der Waals surface area contributed by atoms with Crippen LogP contribution < -0.4 is 0 Å². The number of aliphatic carboxylic acids is 1. The van der Waals surface area contributed by atoms with Crippen LogP contribution in [0.2, 0.25) is 0 Å². The van der Waals surface area contributed by atoms with Gasteiger partial charge in [0.15, 0.2) is 0 Å². The molecule has 4 heteroatoms. The van der Waals surface area contributed by atoms with E-state index in [1.807, 2.05) is 0 Å². The maximum Gasteiger partial charge on any atom is 0.306 e. The Morgan fingerprint density at radius 3 is 2.67 bits per heavy atom. The van der Waals surface area contributed by atoms with Crippen LogP contribution in [0.3, 0.4) is 0 Å². The third-order valence-electron chi connectivity index (χ3n) is 1.34. The number of aliphatic hydroxyl groups excluding tert-OH is 1. The predicted octanol–water partition coefficient (Wildman–Crippen LogP) is 0.413. The van der Waals surface area contributed by atoms with Crippen molar-refractivity contribution < 1.29 is 19.7 Å². The van der Waals surface area contributed by atoms with Crippen LogP contribution in [0.25, 0.3) is 0 Å². The van der Waals surface area contributed by atoms with E-state index in [2.05, 4.69) is 6.58 Å². The lowest BCUT2D eigenvalue weighted by Gasteiger charge is -2.17. The Kier molecular flexibility index (Phi) is 5.32. The summed E-state index contributed by atoms with van der Waals surface area (Å²) in [6.45, 7) is 5.17. The summed E-state index contributed by atoms with van der Waals surface area (Å²) >= 11 is 0. The molecule has 0 aromatic carbocycles. The van der Waals surface area contributed by atoms with Gasteiger partial charge in [0.2, 0.25) is 0 Å². The second kappa shape index (κ2) is 5.74. The van der Waals surface area contributed by atoms with E-state index in [-0.39, 0.29) is 13.0 Å². The highest BCUT2D eigenvalue weighted by Crippen LogP contribution is 2.04. The summed E-state index contributed by atoms with van der Waals surface area (Å²) in [4.78, 5) is 10.3. The number of rotatable bonds is 6. The Bertz CT molecular complexity index is 153. The first-order valence-electron chi connectivity index (χ1n) is 3.70. The van der Waals surface area contributed by atoms with E-state index >= 15 is 0 Å². The molecule has 0 aliphatic rings. The van der Waals surface area contributed by atoms with Gasteiger partial charge in [-0.3, -0.25) is 4.79 Å². The molecule has 0 saturated heterocycles. The maximum absolute atomic E-state index is 10.3. The molecular formula is C8H14O4. The predicted molar refractivity (Wildman–Crippen MR) is 43.9 cm³/mol. The highest BCUT2D eigenvalue weighted by atomic mass is 16.5. The van der Waals surface area contributed by atoms with Crippen molar-refractivity contribution in [3.8, 4) is 0 Å². The Labute approximate surface area is 71.5 Å². The lowest BCUT2D eigenvalue weighted by atomic mass is 10.1. The molecule has 0 radical (unpaired) electrons. The first-order valence-corrected chi connectivity index (χ1v) is 3.70. The molecule has 0 aromatic rings. The van der Waals surface area contributed by atoms with Gasteiger partial charge in [0.05, 0.1) is 25.2 Å². The van der Waals surface area contributed by atoms with Crippen molar-refractivity contribution in [2.45, 2.75) is 25.6 Å². The molecule has 0 aromatic heterocycles. The summed E-state index contributed by atoms with van der Waals surface area (Å²) < 4.78 is 5.01. The highest BCUT2D eigenvalue weighted by Gasteiger charge is 2.18. The van der Waals surface area contributed by atoms with Gasteiger partial charge in [0, 0.05) is 0 Å². The monoisotopic (exact) mass is 174 g/mol. The highest BCUT2D eigenvalue weighted by molar-refractivity contribution is 5.67. The zero-order chi connectivity index (χ0) is 9.56. The molecule has 2 atom stereocenters. The van der Waals surface area contributed by atoms with E-state index in [1.54, 1.807) is 0 Å². The van der Waals surface area contributed by atoms with E-state index in [0.717, 1.165) is 0 Å². The molecule has 2 unspecified atom stereocenters. The van der Waals surface area contributed by atoms with Crippen molar-refractivity contribution in [1.82, 2.24) is 0 Å². The number of carboxylic acids is 1. The topological polar surface area (TPSA) is 66.8 Å². The van der Waals surface area contributed by atoms with Gasteiger partial charge in [-0.05, 0) is 6.92 Å². The molecular weight excluding hydrogens is 160 g/mol. The molecule has 0 rings (SSSR count). The molecule has 70 valence electrons. The fourth-order valence-corrected chi connectivity index (χ4v) is 0.732. The summed E-state index contributed by atoms with van der Waals surface area (Å²) in [5.74, 6) is -0.982. The Morgan fingerprint density at radius 2 is 2.33 bits per heavy atom. The third kappa shape index (κ3) is 4.87. The normalized spacial score (nSPS) is 15.2. The van der Waals surface area contributed by atoms with Crippen molar-refractivity contribution in [1.29, 1.82) is 0 Å². The number of carboxylic acid groups (broad SMARTS) is 1. The second-order valence-electron chi connectivity index (χ2n) is 2.50. The van der Waals surface area contributed by atoms with E-state index in [4.69, 9.17) is 14.9 Å². The zero-order valence-electron chi connectivity index (χ0n) is 7.06. The van der Waals surface area contributed by atoms with Crippen LogP contribution in [0.1, 0.15) is 13.3 Å². The molecule has 0 heterocycles. The van der Waals surface area contributed by atoms with E-state index in [1.165, 1.54) is 13.0 Å². The number of hydrogen-bond acceptors (Lipinski definition) is 3. The number of aliphatic hydroxyl groups is 1. The average molecular weight is 174 g/mol. The van der Waals surface area contributed by atoms with Crippen molar-refractivity contribution >= 4 is 5.97 Å². The zero-order valence-corrected chi connectivity index (χ0v) is 7.06. The van der Waals surface area contributed by atoms with E-state index in [0.29, 0.717) is 0 Å². The van der Waals surface area contributed by atoms with E-state index < -0.39 is 18.2 Å². The van der Waals surface area contributed by atoms with Gasteiger partial charge >= 0.3 is 5.97 Å². The minimum absolute atomic E-state index is 0.189. The van der Waals surface area contributed by atoms with Gasteiger partial charge < -0.3 is 14.9 Å². The largest absolute Gasteiger partial charge is 0.481 e. The molecule has 4 nitrogen and oxygen atoms in total. The van der Waals surface area contributed by atoms with Crippen molar-refractivity contribution in [3.05, 3.63) is 12.7 Å². The average Bonchev–Trinajstić information content (AvgIpc) is 1.96. The molecule has 12 heavy (non-hydrogen) atoms. The summed E-state index contributed by atoms with van der Waals surface area (Å²) in [5, 5.41) is 17.5. The summed E-state index contributed by atoms with van der Waals surface area (Å²) in [5.41, 5.74) is 0. The van der Waals surface area contributed by atoms with Crippen molar-refractivity contribution in [3.63, 3.8) is 0 Å². The molecule has 0 fully saturated rings. The molecule has 0 amide bonds. The Balaban J connectivity index is 3.85. The summed E-state index contributed by atoms with van der Waals surface area (Å²) in [6, 6.07) is 0. The molecule has 0 aliphatic heterocycles. The van der Waals surface area contributed by atoms with E-state index in [9.17, 15) is 4.79 Å².